The Morgan fingerprint density at radius 1 is 1.22 bits per heavy atom. The van der Waals surface area contributed by atoms with Crippen LogP contribution in [0.3, 0.4) is 0 Å². The van der Waals surface area contributed by atoms with Gasteiger partial charge in [0.25, 0.3) is 0 Å². The lowest BCUT2D eigenvalue weighted by molar-refractivity contribution is 0.0795. The van der Waals surface area contributed by atoms with Gasteiger partial charge in [0.15, 0.2) is 0 Å². The van der Waals surface area contributed by atoms with Crippen molar-refractivity contribution < 1.29 is 9.53 Å². The molecular formula is C13H27N3O2. The van der Waals surface area contributed by atoms with Crippen molar-refractivity contribution in [1.82, 2.24) is 15.1 Å². The molecule has 0 radical (unpaired) electrons. The SMILES string of the molecule is CCOC(=O)N1CCN(CCNC(C)(C)C)CC1. The maximum atomic E-state index is 11.5. The van der Waals surface area contributed by atoms with E-state index in [1.54, 1.807) is 4.90 Å². The highest BCUT2D eigenvalue weighted by molar-refractivity contribution is 5.67. The Bertz CT molecular complexity index is 255. The lowest BCUT2D eigenvalue weighted by atomic mass is 10.1. The second-order valence-electron chi connectivity index (χ2n) is 5.70. The fourth-order valence-electron chi connectivity index (χ4n) is 1.96. The molecule has 1 N–H and O–H groups in total. The highest BCUT2D eigenvalue weighted by Gasteiger charge is 2.21. The van der Waals surface area contributed by atoms with Crippen molar-refractivity contribution in [2.75, 3.05) is 45.9 Å². The molecule has 1 heterocycles. The minimum absolute atomic E-state index is 0.173. The highest BCUT2D eigenvalue weighted by atomic mass is 16.6. The molecule has 1 saturated heterocycles. The fraction of sp³-hybridized carbons (Fsp3) is 0.923. The van der Waals surface area contributed by atoms with Crippen molar-refractivity contribution in [1.29, 1.82) is 0 Å². The summed E-state index contributed by atoms with van der Waals surface area (Å²) in [6.45, 7) is 14.2. The molecule has 0 aromatic heterocycles. The number of nitrogens with zero attached hydrogens (tertiary/aromatic N) is 2. The monoisotopic (exact) mass is 257 g/mol. The third-order valence-electron chi connectivity index (χ3n) is 2.98. The third kappa shape index (κ3) is 5.69. The van der Waals surface area contributed by atoms with E-state index in [-0.39, 0.29) is 11.6 Å². The molecule has 0 bridgehead atoms. The van der Waals surface area contributed by atoms with E-state index < -0.39 is 0 Å². The number of hydrogen-bond acceptors (Lipinski definition) is 4. The Balaban J connectivity index is 2.17. The summed E-state index contributed by atoms with van der Waals surface area (Å²) >= 11 is 0. The molecule has 0 aromatic rings. The number of hydrogen-bond donors (Lipinski definition) is 1. The van der Waals surface area contributed by atoms with Gasteiger partial charge < -0.3 is 15.0 Å². The number of amides is 1. The third-order valence-corrected chi connectivity index (χ3v) is 2.98. The maximum Gasteiger partial charge on any atom is 0.409 e. The summed E-state index contributed by atoms with van der Waals surface area (Å²) in [7, 11) is 0. The van der Waals surface area contributed by atoms with Crippen LogP contribution in [-0.2, 0) is 4.74 Å². The lowest BCUT2D eigenvalue weighted by Crippen LogP contribution is -2.51. The Labute approximate surface area is 110 Å². The van der Waals surface area contributed by atoms with Gasteiger partial charge in [-0.25, -0.2) is 4.79 Å². The molecule has 106 valence electrons. The van der Waals surface area contributed by atoms with Gasteiger partial charge >= 0.3 is 6.09 Å². The lowest BCUT2D eigenvalue weighted by Gasteiger charge is -2.34. The van der Waals surface area contributed by atoms with E-state index in [2.05, 4.69) is 31.0 Å². The van der Waals surface area contributed by atoms with E-state index in [0.29, 0.717) is 6.61 Å². The average molecular weight is 257 g/mol. The van der Waals surface area contributed by atoms with Crippen LogP contribution in [0.2, 0.25) is 0 Å². The first kappa shape index (κ1) is 15.2. The first-order valence-corrected chi connectivity index (χ1v) is 6.81. The Morgan fingerprint density at radius 2 is 1.83 bits per heavy atom. The quantitative estimate of drug-likeness (QED) is 0.820. The molecule has 5 heteroatoms. The average Bonchev–Trinajstić information content (AvgIpc) is 2.28. The minimum Gasteiger partial charge on any atom is -0.450 e. The molecule has 1 fully saturated rings. The summed E-state index contributed by atoms with van der Waals surface area (Å²) in [6, 6.07) is 0. The number of ether oxygens (including phenoxy) is 1. The minimum atomic E-state index is -0.176. The second kappa shape index (κ2) is 6.95. The molecule has 1 aliphatic rings. The molecule has 18 heavy (non-hydrogen) atoms. The van der Waals surface area contributed by atoms with Crippen molar-refractivity contribution in [3.8, 4) is 0 Å². The Morgan fingerprint density at radius 3 is 2.33 bits per heavy atom. The van der Waals surface area contributed by atoms with E-state index in [9.17, 15) is 4.79 Å². The van der Waals surface area contributed by atoms with E-state index >= 15 is 0 Å². The standard InChI is InChI=1S/C13H27N3O2/c1-5-18-12(17)16-10-8-15(9-11-16)7-6-14-13(2,3)4/h14H,5-11H2,1-4H3. The zero-order valence-corrected chi connectivity index (χ0v) is 12.2. The molecular weight excluding hydrogens is 230 g/mol. The molecule has 0 saturated carbocycles. The fourth-order valence-corrected chi connectivity index (χ4v) is 1.96. The van der Waals surface area contributed by atoms with Crippen molar-refractivity contribution in [2.24, 2.45) is 0 Å². The normalized spacial score (nSPS) is 17.9. The number of carbonyl (C=O) groups excluding carboxylic acids is 1. The molecule has 0 atom stereocenters. The van der Waals surface area contributed by atoms with Gasteiger partial charge in [0, 0.05) is 44.8 Å². The van der Waals surface area contributed by atoms with Crippen molar-refractivity contribution in [3.05, 3.63) is 0 Å². The van der Waals surface area contributed by atoms with Crippen LogP contribution in [0.4, 0.5) is 4.79 Å². The summed E-state index contributed by atoms with van der Waals surface area (Å²) in [5.74, 6) is 0. The van der Waals surface area contributed by atoms with Gasteiger partial charge in [-0.15, -0.1) is 0 Å². The summed E-state index contributed by atoms with van der Waals surface area (Å²) in [5.41, 5.74) is 0.173. The molecule has 5 nitrogen and oxygen atoms in total. The number of piperazine rings is 1. The van der Waals surface area contributed by atoms with Crippen molar-refractivity contribution in [3.63, 3.8) is 0 Å². The summed E-state index contributed by atoms with van der Waals surface area (Å²) in [4.78, 5) is 15.7. The van der Waals surface area contributed by atoms with Crippen LogP contribution in [0.25, 0.3) is 0 Å². The van der Waals surface area contributed by atoms with Crippen LogP contribution in [0.5, 0.6) is 0 Å². The predicted octanol–water partition coefficient (Wildman–Crippen LogP) is 1.15. The highest BCUT2D eigenvalue weighted by Crippen LogP contribution is 2.04. The van der Waals surface area contributed by atoms with Gasteiger partial charge in [-0.3, -0.25) is 4.90 Å². The smallest absolute Gasteiger partial charge is 0.409 e. The summed E-state index contributed by atoms with van der Waals surface area (Å²) < 4.78 is 5.00. The van der Waals surface area contributed by atoms with Crippen LogP contribution in [0.15, 0.2) is 0 Å². The second-order valence-corrected chi connectivity index (χ2v) is 5.70. The van der Waals surface area contributed by atoms with E-state index in [1.807, 2.05) is 6.92 Å². The number of nitrogens with one attached hydrogen (secondary N) is 1. The molecule has 1 amide bonds. The van der Waals surface area contributed by atoms with Gasteiger partial charge in [0.05, 0.1) is 6.61 Å². The number of rotatable bonds is 4. The van der Waals surface area contributed by atoms with Crippen LogP contribution in [0.1, 0.15) is 27.7 Å². The topological polar surface area (TPSA) is 44.8 Å². The first-order chi connectivity index (χ1) is 8.42. The van der Waals surface area contributed by atoms with Gasteiger partial charge in [-0.2, -0.15) is 0 Å². The summed E-state index contributed by atoms with van der Waals surface area (Å²) in [5, 5.41) is 3.48. The largest absolute Gasteiger partial charge is 0.450 e. The van der Waals surface area contributed by atoms with Gasteiger partial charge in [-0.1, -0.05) is 0 Å². The van der Waals surface area contributed by atoms with E-state index in [1.165, 1.54) is 0 Å². The van der Waals surface area contributed by atoms with E-state index in [0.717, 1.165) is 39.3 Å². The van der Waals surface area contributed by atoms with Crippen LogP contribution in [-0.4, -0.2) is 67.3 Å². The zero-order valence-electron chi connectivity index (χ0n) is 12.2. The molecule has 0 unspecified atom stereocenters. The molecule has 0 spiro atoms. The molecule has 0 aliphatic carbocycles. The maximum absolute atomic E-state index is 11.5. The predicted molar refractivity (Wildman–Crippen MR) is 72.8 cm³/mol. The van der Waals surface area contributed by atoms with Crippen LogP contribution >= 0.6 is 0 Å². The van der Waals surface area contributed by atoms with Crippen LogP contribution in [0, 0.1) is 0 Å². The van der Waals surface area contributed by atoms with Crippen molar-refractivity contribution in [2.45, 2.75) is 33.2 Å². The first-order valence-electron chi connectivity index (χ1n) is 6.81. The molecule has 1 rings (SSSR count). The van der Waals surface area contributed by atoms with Gasteiger partial charge in [-0.05, 0) is 27.7 Å². The Hall–Kier alpha value is -0.810. The van der Waals surface area contributed by atoms with Gasteiger partial charge in [0.1, 0.15) is 0 Å². The van der Waals surface area contributed by atoms with Crippen LogP contribution < -0.4 is 5.32 Å². The molecule has 0 aromatic carbocycles. The molecule has 1 aliphatic heterocycles. The Kier molecular flexibility index (Phi) is 5.88. The zero-order chi connectivity index (χ0) is 13.6. The summed E-state index contributed by atoms with van der Waals surface area (Å²) in [6.07, 6.45) is -0.176. The van der Waals surface area contributed by atoms with Gasteiger partial charge in [0.2, 0.25) is 0 Å². The van der Waals surface area contributed by atoms with Crippen molar-refractivity contribution >= 4 is 6.09 Å². The number of carbonyl (C=O) groups is 1. The van der Waals surface area contributed by atoms with E-state index in [4.69, 9.17) is 4.74 Å².